The molecule has 0 aromatic heterocycles. The lowest BCUT2D eigenvalue weighted by atomic mass is 10.1. The summed E-state index contributed by atoms with van der Waals surface area (Å²) in [5.41, 5.74) is 2.44. The van der Waals surface area contributed by atoms with Crippen molar-refractivity contribution in [3.63, 3.8) is 0 Å². The van der Waals surface area contributed by atoms with Gasteiger partial charge in [-0.05, 0) is 42.7 Å². The van der Waals surface area contributed by atoms with Crippen LogP contribution in [0.5, 0.6) is 0 Å². The van der Waals surface area contributed by atoms with E-state index < -0.39 is 0 Å². The normalized spacial score (nSPS) is 17.7. The van der Waals surface area contributed by atoms with Crippen LogP contribution < -0.4 is 5.32 Å². The minimum absolute atomic E-state index is 0. The van der Waals surface area contributed by atoms with Crippen molar-refractivity contribution >= 4 is 29.9 Å². The Hall–Kier alpha value is -0.900. The molecule has 2 aliphatic rings. The van der Waals surface area contributed by atoms with Crippen molar-refractivity contribution in [1.29, 1.82) is 0 Å². The number of benzene rings is 1. The lowest BCUT2D eigenvalue weighted by Gasteiger charge is -2.23. The molecule has 0 spiro atoms. The van der Waals surface area contributed by atoms with E-state index >= 15 is 0 Å². The van der Waals surface area contributed by atoms with Crippen LogP contribution in [0.3, 0.4) is 0 Å². The predicted molar refractivity (Wildman–Crippen MR) is 127 cm³/mol. The van der Waals surface area contributed by atoms with Gasteiger partial charge >= 0.3 is 0 Å². The van der Waals surface area contributed by atoms with Gasteiger partial charge in [-0.2, -0.15) is 0 Å². The van der Waals surface area contributed by atoms with Gasteiger partial charge in [-0.3, -0.25) is 4.99 Å². The van der Waals surface area contributed by atoms with Crippen molar-refractivity contribution in [3.8, 4) is 0 Å². The maximum atomic E-state index is 6.04. The highest BCUT2D eigenvalue weighted by Gasteiger charge is 2.21. The van der Waals surface area contributed by atoms with Crippen molar-refractivity contribution in [1.82, 2.24) is 10.2 Å². The van der Waals surface area contributed by atoms with E-state index in [2.05, 4.69) is 39.5 Å². The number of aliphatic imine (C=N–C) groups is 1. The fourth-order valence-corrected chi connectivity index (χ4v) is 3.29. The van der Waals surface area contributed by atoms with E-state index in [4.69, 9.17) is 14.2 Å². The molecule has 1 aromatic carbocycles. The Labute approximate surface area is 192 Å². The summed E-state index contributed by atoms with van der Waals surface area (Å²) in [6.07, 6.45) is 4.98. The molecule has 0 amide bonds. The van der Waals surface area contributed by atoms with E-state index in [-0.39, 0.29) is 24.0 Å². The first-order valence-corrected chi connectivity index (χ1v) is 10.5. The monoisotopic (exact) mass is 517 g/mol. The molecule has 3 rings (SSSR count). The van der Waals surface area contributed by atoms with Crippen LogP contribution >= 0.6 is 24.0 Å². The molecular formula is C22H36IN3O3. The number of nitrogens with zero attached hydrogens (tertiary/aromatic N) is 2. The van der Waals surface area contributed by atoms with E-state index in [0.29, 0.717) is 12.7 Å². The summed E-state index contributed by atoms with van der Waals surface area (Å²) in [6.45, 7) is 5.51. The molecule has 1 saturated carbocycles. The number of rotatable bonds is 10. The van der Waals surface area contributed by atoms with Crippen molar-refractivity contribution in [2.24, 2.45) is 10.9 Å². The zero-order valence-corrected chi connectivity index (χ0v) is 20.1. The molecule has 1 aliphatic heterocycles. The molecule has 6 nitrogen and oxygen atoms in total. The molecule has 29 heavy (non-hydrogen) atoms. The zero-order valence-electron chi connectivity index (χ0n) is 17.8. The molecule has 1 N–H and O–H groups in total. The minimum atomic E-state index is 0. The van der Waals surface area contributed by atoms with E-state index in [1.165, 1.54) is 24.0 Å². The number of hydrogen-bond acceptors (Lipinski definition) is 4. The van der Waals surface area contributed by atoms with Crippen molar-refractivity contribution in [3.05, 3.63) is 35.4 Å². The molecule has 0 unspecified atom stereocenters. The summed E-state index contributed by atoms with van der Waals surface area (Å²) in [5.74, 6) is 1.70. The summed E-state index contributed by atoms with van der Waals surface area (Å²) in [4.78, 5) is 6.50. The van der Waals surface area contributed by atoms with Gasteiger partial charge in [0, 0.05) is 47.0 Å². The number of likely N-dealkylation sites (N-methyl/N-ethyl adjacent to an activating group) is 1. The standard InChI is InChI=1S/C22H35N3O3.HI/c1-23-22(25(2)10-13-27-16-18-6-7-18)24-15-19-4-3-5-20(14-19)17-28-21-8-11-26-12-9-21;/h3-5,14,18,21H,6-13,15-17H2,1-2H3,(H,23,24);1H. The van der Waals surface area contributed by atoms with Crippen LogP contribution in [0, 0.1) is 5.92 Å². The predicted octanol–water partition coefficient (Wildman–Crippen LogP) is 3.43. The van der Waals surface area contributed by atoms with E-state index in [1.807, 2.05) is 14.1 Å². The smallest absolute Gasteiger partial charge is 0.193 e. The molecule has 7 heteroatoms. The fourth-order valence-electron chi connectivity index (χ4n) is 3.29. The number of hydrogen-bond donors (Lipinski definition) is 1. The molecule has 2 fully saturated rings. The summed E-state index contributed by atoms with van der Waals surface area (Å²) in [6, 6.07) is 8.56. The Balaban J connectivity index is 0.00000300. The first-order valence-electron chi connectivity index (χ1n) is 10.5. The summed E-state index contributed by atoms with van der Waals surface area (Å²) in [5, 5.41) is 3.44. The van der Waals surface area contributed by atoms with Gasteiger partial charge in [-0.15, -0.1) is 24.0 Å². The molecule has 1 heterocycles. The number of nitrogens with one attached hydrogen (secondary N) is 1. The number of ether oxygens (including phenoxy) is 3. The van der Waals surface area contributed by atoms with Crippen LogP contribution in [0.2, 0.25) is 0 Å². The Kier molecular flexibility index (Phi) is 11.3. The van der Waals surface area contributed by atoms with Crippen LogP contribution in [0.15, 0.2) is 29.3 Å². The van der Waals surface area contributed by atoms with Crippen LogP contribution in [-0.2, 0) is 27.4 Å². The van der Waals surface area contributed by atoms with Gasteiger partial charge in [0.1, 0.15) is 0 Å². The number of guanidine groups is 1. The number of halogens is 1. The Morgan fingerprint density at radius 2 is 1.97 bits per heavy atom. The molecule has 1 saturated heterocycles. The Morgan fingerprint density at radius 3 is 2.69 bits per heavy atom. The molecule has 1 aliphatic carbocycles. The lowest BCUT2D eigenvalue weighted by Crippen LogP contribution is -2.40. The average molecular weight is 517 g/mol. The molecule has 164 valence electrons. The second-order valence-electron chi connectivity index (χ2n) is 7.78. The van der Waals surface area contributed by atoms with Crippen LogP contribution in [0.25, 0.3) is 0 Å². The van der Waals surface area contributed by atoms with Crippen molar-refractivity contribution in [2.75, 3.05) is 47.1 Å². The van der Waals surface area contributed by atoms with Crippen LogP contribution in [0.1, 0.15) is 36.8 Å². The van der Waals surface area contributed by atoms with E-state index in [0.717, 1.165) is 64.2 Å². The van der Waals surface area contributed by atoms with Crippen molar-refractivity contribution in [2.45, 2.75) is 44.9 Å². The van der Waals surface area contributed by atoms with Gasteiger partial charge in [0.25, 0.3) is 0 Å². The minimum Gasteiger partial charge on any atom is -0.381 e. The third-order valence-corrected chi connectivity index (χ3v) is 5.29. The average Bonchev–Trinajstić information content (AvgIpc) is 3.56. The zero-order chi connectivity index (χ0) is 19.6. The molecule has 0 atom stereocenters. The van der Waals surface area contributed by atoms with Crippen molar-refractivity contribution < 1.29 is 14.2 Å². The van der Waals surface area contributed by atoms with E-state index in [9.17, 15) is 0 Å². The van der Waals surface area contributed by atoms with Gasteiger partial charge in [0.2, 0.25) is 0 Å². The third kappa shape index (κ3) is 9.19. The summed E-state index contributed by atoms with van der Waals surface area (Å²) in [7, 11) is 3.87. The molecule has 0 radical (unpaired) electrons. The summed E-state index contributed by atoms with van der Waals surface area (Å²) >= 11 is 0. The first kappa shape index (κ1) is 24.4. The maximum absolute atomic E-state index is 6.04. The van der Waals surface area contributed by atoms with Gasteiger partial charge in [-0.1, -0.05) is 24.3 Å². The summed E-state index contributed by atoms with van der Waals surface area (Å²) < 4.78 is 17.2. The maximum Gasteiger partial charge on any atom is 0.193 e. The highest BCUT2D eigenvalue weighted by atomic mass is 127. The largest absolute Gasteiger partial charge is 0.381 e. The lowest BCUT2D eigenvalue weighted by molar-refractivity contribution is -0.0390. The Bertz CT molecular complexity index is 619. The van der Waals surface area contributed by atoms with Gasteiger partial charge in [0.05, 0.1) is 19.3 Å². The second kappa shape index (κ2) is 13.4. The fraction of sp³-hybridized carbons (Fsp3) is 0.682. The second-order valence-corrected chi connectivity index (χ2v) is 7.78. The van der Waals surface area contributed by atoms with Gasteiger partial charge in [-0.25, -0.2) is 0 Å². The molecule has 0 bridgehead atoms. The topological polar surface area (TPSA) is 55.3 Å². The van der Waals surface area contributed by atoms with Gasteiger partial charge < -0.3 is 24.4 Å². The third-order valence-electron chi connectivity index (χ3n) is 5.29. The Morgan fingerprint density at radius 1 is 1.21 bits per heavy atom. The highest BCUT2D eigenvalue weighted by Crippen LogP contribution is 2.28. The van der Waals surface area contributed by atoms with Gasteiger partial charge in [0.15, 0.2) is 5.96 Å². The first-order chi connectivity index (χ1) is 13.7. The van der Waals surface area contributed by atoms with Crippen LogP contribution in [0.4, 0.5) is 0 Å². The molecular weight excluding hydrogens is 481 g/mol. The van der Waals surface area contributed by atoms with E-state index in [1.54, 1.807) is 0 Å². The van der Waals surface area contributed by atoms with Crippen LogP contribution in [-0.4, -0.2) is 64.0 Å². The SMILES string of the molecule is CN=C(NCc1cccc(COC2CCOCC2)c1)N(C)CCOCC1CC1.I. The highest BCUT2D eigenvalue weighted by molar-refractivity contribution is 14.0. The quantitative estimate of drug-likeness (QED) is 0.223. The molecule has 1 aromatic rings.